The van der Waals surface area contributed by atoms with Gasteiger partial charge in [-0.2, -0.15) is 0 Å². The van der Waals surface area contributed by atoms with E-state index in [-0.39, 0.29) is 6.29 Å². The Hall–Kier alpha value is -0.340. The minimum absolute atomic E-state index is 0.0974. The summed E-state index contributed by atoms with van der Waals surface area (Å²) in [7, 11) is 0. The van der Waals surface area contributed by atoms with E-state index in [1.165, 1.54) is 12.8 Å². The van der Waals surface area contributed by atoms with E-state index >= 15 is 0 Å². The lowest BCUT2D eigenvalue weighted by molar-refractivity contribution is -0.123. The van der Waals surface area contributed by atoms with Crippen molar-refractivity contribution in [3.05, 3.63) is 12.7 Å². The van der Waals surface area contributed by atoms with Crippen LogP contribution in [0.2, 0.25) is 0 Å². The molecule has 2 nitrogen and oxygen atoms in total. The molecule has 0 aliphatic carbocycles. The second kappa shape index (κ2) is 8.75. The number of unbranched alkanes of at least 4 members (excludes halogenated alkanes) is 2. The highest BCUT2D eigenvalue weighted by Gasteiger charge is 1.98. The first-order valence-electron chi connectivity index (χ1n) is 4.65. The summed E-state index contributed by atoms with van der Waals surface area (Å²) >= 11 is 0. The summed E-state index contributed by atoms with van der Waals surface area (Å²) in [4.78, 5) is 0. The third-order valence-corrected chi connectivity index (χ3v) is 1.55. The van der Waals surface area contributed by atoms with Crippen molar-refractivity contribution in [3.8, 4) is 0 Å². The molecule has 1 unspecified atom stereocenters. The molecule has 0 radical (unpaired) electrons. The Labute approximate surface area is 75.6 Å². The summed E-state index contributed by atoms with van der Waals surface area (Å²) in [6.07, 6.45) is 5.21. The van der Waals surface area contributed by atoms with Gasteiger partial charge in [0.2, 0.25) is 0 Å². The summed E-state index contributed by atoms with van der Waals surface area (Å²) in [6, 6.07) is 0. The highest BCUT2D eigenvalue weighted by atomic mass is 16.7. The predicted octanol–water partition coefficient (Wildman–Crippen LogP) is 2.74. The molecule has 0 aliphatic heterocycles. The van der Waals surface area contributed by atoms with Gasteiger partial charge in [0, 0.05) is 6.61 Å². The van der Waals surface area contributed by atoms with E-state index in [0.29, 0.717) is 6.61 Å². The largest absolute Gasteiger partial charge is 0.353 e. The molecule has 1 atom stereocenters. The summed E-state index contributed by atoms with van der Waals surface area (Å²) < 4.78 is 10.6. The molecular weight excluding hydrogens is 152 g/mol. The van der Waals surface area contributed by atoms with Gasteiger partial charge < -0.3 is 9.47 Å². The van der Waals surface area contributed by atoms with Gasteiger partial charge in [-0.3, -0.25) is 0 Å². The van der Waals surface area contributed by atoms with Crippen LogP contribution in [0.4, 0.5) is 0 Å². The molecule has 0 saturated heterocycles. The van der Waals surface area contributed by atoms with E-state index in [0.717, 1.165) is 13.0 Å². The predicted molar refractivity (Wildman–Crippen MR) is 51.1 cm³/mol. The van der Waals surface area contributed by atoms with E-state index in [1.54, 1.807) is 6.08 Å². The first-order valence-corrected chi connectivity index (χ1v) is 4.65. The Morgan fingerprint density at radius 2 is 2.08 bits per heavy atom. The molecule has 0 fully saturated rings. The van der Waals surface area contributed by atoms with Gasteiger partial charge in [-0.1, -0.05) is 25.8 Å². The molecule has 0 aliphatic rings. The summed E-state index contributed by atoms with van der Waals surface area (Å²) in [5.41, 5.74) is 0. The molecule has 0 bridgehead atoms. The van der Waals surface area contributed by atoms with Crippen LogP contribution in [-0.4, -0.2) is 19.5 Å². The molecule has 0 spiro atoms. The van der Waals surface area contributed by atoms with Gasteiger partial charge in [-0.15, -0.1) is 6.58 Å². The summed E-state index contributed by atoms with van der Waals surface area (Å²) in [5.74, 6) is 0. The first kappa shape index (κ1) is 11.7. The lowest BCUT2D eigenvalue weighted by Crippen LogP contribution is -2.13. The molecule has 0 N–H and O–H groups in total. The second-order valence-electron chi connectivity index (χ2n) is 2.77. The van der Waals surface area contributed by atoms with Crippen molar-refractivity contribution in [1.29, 1.82) is 0 Å². The smallest absolute Gasteiger partial charge is 0.155 e. The number of ether oxygens (including phenoxy) is 2. The van der Waals surface area contributed by atoms with Gasteiger partial charge in [-0.05, 0) is 13.3 Å². The molecule has 12 heavy (non-hydrogen) atoms. The second-order valence-corrected chi connectivity index (χ2v) is 2.77. The number of rotatable bonds is 8. The van der Waals surface area contributed by atoms with Gasteiger partial charge in [0.1, 0.15) is 0 Å². The molecule has 0 aromatic heterocycles. The quantitative estimate of drug-likeness (QED) is 0.318. The van der Waals surface area contributed by atoms with Crippen LogP contribution in [0.5, 0.6) is 0 Å². The first-order chi connectivity index (χ1) is 5.81. The van der Waals surface area contributed by atoms with Gasteiger partial charge >= 0.3 is 0 Å². The van der Waals surface area contributed by atoms with Crippen LogP contribution in [0, 0.1) is 0 Å². The summed E-state index contributed by atoms with van der Waals surface area (Å²) in [5, 5.41) is 0. The van der Waals surface area contributed by atoms with Crippen LogP contribution in [0.1, 0.15) is 33.1 Å². The Bertz CT molecular complexity index is 102. The van der Waals surface area contributed by atoms with Crippen molar-refractivity contribution in [2.24, 2.45) is 0 Å². The molecular formula is C10H20O2. The Morgan fingerprint density at radius 1 is 1.33 bits per heavy atom. The monoisotopic (exact) mass is 172 g/mol. The van der Waals surface area contributed by atoms with Crippen molar-refractivity contribution in [2.45, 2.75) is 39.4 Å². The van der Waals surface area contributed by atoms with Gasteiger partial charge in [0.15, 0.2) is 6.29 Å². The normalized spacial score (nSPS) is 12.8. The molecule has 0 amide bonds. The lowest BCUT2D eigenvalue weighted by atomic mass is 10.3. The van der Waals surface area contributed by atoms with Crippen LogP contribution < -0.4 is 0 Å². The average Bonchev–Trinajstić information content (AvgIpc) is 2.09. The van der Waals surface area contributed by atoms with Crippen molar-refractivity contribution >= 4 is 0 Å². The average molecular weight is 172 g/mol. The minimum atomic E-state index is -0.0974. The number of hydrogen-bond donors (Lipinski definition) is 0. The zero-order valence-electron chi connectivity index (χ0n) is 8.21. The molecule has 0 heterocycles. The van der Waals surface area contributed by atoms with Crippen LogP contribution in [-0.2, 0) is 9.47 Å². The van der Waals surface area contributed by atoms with Gasteiger partial charge in [0.25, 0.3) is 0 Å². The zero-order chi connectivity index (χ0) is 9.23. The topological polar surface area (TPSA) is 18.5 Å². The van der Waals surface area contributed by atoms with E-state index in [4.69, 9.17) is 9.47 Å². The third-order valence-electron chi connectivity index (χ3n) is 1.55. The Balaban J connectivity index is 3.07. The SMILES string of the molecule is C=CCOC(C)OCCCCC. The molecule has 0 rings (SSSR count). The van der Waals surface area contributed by atoms with E-state index in [1.807, 2.05) is 6.92 Å². The van der Waals surface area contributed by atoms with Gasteiger partial charge in [-0.25, -0.2) is 0 Å². The van der Waals surface area contributed by atoms with Gasteiger partial charge in [0.05, 0.1) is 6.61 Å². The van der Waals surface area contributed by atoms with Crippen molar-refractivity contribution in [1.82, 2.24) is 0 Å². The zero-order valence-corrected chi connectivity index (χ0v) is 8.21. The fourth-order valence-electron chi connectivity index (χ4n) is 0.853. The highest BCUT2D eigenvalue weighted by molar-refractivity contribution is 4.63. The fourth-order valence-corrected chi connectivity index (χ4v) is 0.853. The number of hydrogen-bond acceptors (Lipinski definition) is 2. The molecule has 0 aromatic carbocycles. The lowest BCUT2D eigenvalue weighted by Gasteiger charge is -2.12. The van der Waals surface area contributed by atoms with Crippen molar-refractivity contribution < 1.29 is 9.47 Å². The standard InChI is InChI=1S/C10H20O2/c1-4-6-7-9-12-10(3)11-8-5-2/h5,10H,2,4,6-9H2,1,3H3. The van der Waals surface area contributed by atoms with E-state index < -0.39 is 0 Å². The molecule has 2 heteroatoms. The maximum Gasteiger partial charge on any atom is 0.155 e. The van der Waals surface area contributed by atoms with Crippen LogP contribution in [0.15, 0.2) is 12.7 Å². The minimum Gasteiger partial charge on any atom is -0.353 e. The summed E-state index contributed by atoms with van der Waals surface area (Å²) in [6.45, 7) is 9.01. The third kappa shape index (κ3) is 7.76. The molecule has 72 valence electrons. The van der Waals surface area contributed by atoms with Crippen molar-refractivity contribution in [3.63, 3.8) is 0 Å². The van der Waals surface area contributed by atoms with Crippen LogP contribution in [0.25, 0.3) is 0 Å². The van der Waals surface area contributed by atoms with Crippen LogP contribution in [0.3, 0.4) is 0 Å². The van der Waals surface area contributed by atoms with Crippen molar-refractivity contribution in [2.75, 3.05) is 13.2 Å². The maximum atomic E-state index is 5.38. The molecule has 0 saturated carbocycles. The van der Waals surface area contributed by atoms with E-state index in [2.05, 4.69) is 13.5 Å². The van der Waals surface area contributed by atoms with E-state index in [9.17, 15) is 0 Å². The molecule has 0 aromatic rings. The highest BCUT2D eigenvalue weighted by Crippen LogP contribution is 1.98. The Morgan fingerprint density at radius 3 is 2.67 bits per heavy atom. The van der Waals surface area contributed by atoms with Crippen LogP contribution >= 0.6 is 0 Å². The fraction of sp³-hybridized carbons (Fsp3) is 0.800. The Kier molecular flexibility index (Phi) is 8.51. The maximum absolute atomic E-state index is 5.38.